The van der Waals surface area contributed by atoms with Crippen molar-refractivity contribution in [2.45, 2.75) is 19.9 Å². The van der Waals surface area contributed by atoms with Crippen LogP contribution in [0.2, 0.25) is 0 Å². The number of hydrogen-bond donors (Lipinski definition) is 1. The largest absolute Gasteiger partial charge is 0.346 e. The predicted molar refractivity (Wildman–Crippen MR) is 106 cm³/mol. The van der Waals surface area contributed by atoms with Crippen molar-refractivity contribution in [3.8, 4) is 0 Å². The predicted octanol–water partition coefficient (Wildman–Crippen LogP) is 4.86. The van der Waals surface area contributed by atoms with Crippen LogP contribution in [-0.2, 0) is 0 Å². The maximum atomic E-state index is 13.0. The SMILES string of the molecule is Cc1ccc(C(=O)c2nc(NC(C)c3ccccn3)nc3ccsc23)s1. The van der Waals surface area contributed by atoms with Crippen LogP contribution < -0.4 is 5.32 Å². The van der Waals surface area contributed by atoms with Gasteiger partial charge in [-0.05, 0) is 49.6 Å². The van der Waals surface area contributed by atoms with Crippen molar-refractivity contribution < 1.29 is 4.79 Å². The second-order valence-corrected chi connectivity index (χ2v) is 8.09. The zero-order valence-electron chi connectivity index (χ0n) is 14.3. The number of aryl methyl sites for hydroxylation is 1. The number of nitrogens with one attached hydrogen (secondary N) is 1. The van der Waals surface area contributed by atoms with Crippen LogP contribution in [0, 0.1) is 6.92 Å². The zero-order chi connectivity index (χ0) is 18.1. The minimum absolute atomic E-state index is 0.0634. The fourth-order valence-corrected chi connectivity index (χ4v) is 4.28. The van der Waals surface area contributed by atoms with Gasteiger partial charge in [-0.3, -0.25) is 9.78 Å². The highest BCUT2D eigenvalue weighted by atomic mass is 32.1. The van der Waals surface area contributed by atoms with Crippen LogP contribution in [0.25, 0.3) is 10.2 Å². The number of ketones is 1. The van der Waals surface area contributed by atoms with Gasteiger partial charge < -0.3 is 5.32 Å². The fourth-order valence-electron chi connectivity index (χ4n) is 2.65. The first-order valence-corrected chi connectivity index (χ1v) is 9.85. The van der Waals surface area contributed by atoms with Crippen LogP contribution >= 0.6 is 22.7 Å². The van der Waals surface area contributed by atoms with Crippen LogP contribution in [0.5, 0.6) is 0 Å². The van der Waals surface area contributed by atoms with Crippen LogP contribution in [0.15, 0.2) is 48.0 Å². The Morgan fingerprint density at radius 3 is 2.77 bits per heavy atom. The highest BCUT2D eigenvalue weighted by Crippen LogP contribution is 2.28. The van der Waals surface area contributed by atoms with Gasteiger partial charge in [0, 0.05) is 11.1 Å². The maximum absolute atomic E-state index is 13.0. The normalized spacial score (nSPS) is 12.2. The standard InChI is InChI=1S/C19H16N4OS2/c1-11-6-7-15(26-11)17(24)16-18-14(8-10-25-18)22-19(23-16)21-12(2)13-5-3-4-9-20-13/h3-10,12H,1-2H3,(H,21,22,23). The molecule has 0 aliphatic carbocycles. The number of carbonyl (C=O) groups excluding carboxylic acids is 1. The van der Waals surface area contributed by atoms with Gasteiger partial charge in [0.15, 0.2) is 0 Å². The Labute approximate surface area is 158 Å². The van der Waals surface area contributed by atoms with Crippen LogP contribution in [0.4, 0.5) is 5.95 Å². The van der Waals surface area contributed by atoms with Gasteiger partial charge in [0.2, 0.25) is 11.7 Å². The van der Waals surface area contributed by atoms with E-state index in [2.05, 4.69) is 20.3 Å². The molecule has 0 amide bonds. The maximum Gasteiger partial charge on any atom is 0.224 e. The van der Waals surface area contributed by atoms with Crippen molar-refractivity contribution in [3.05, 3.63) is 69.1 Å². The third-order valence-electron chi connectivity index (χ3n) is 3.96. The molecule has 130 valence electrons. The summed E-state index contributed by atoms with van der Waals surface area (Å²) in [6.45, 7) is 3.98. The van der Waals surface area contributed by atoms with Crippen LogP contribution in [0.3, 0.4) is 0 Å². The third-order valence-corrected chi connectivity index (χ3v) is 5.87. The van der Waals surface area contributed by atoms with E-state index in [0.29, 0.717) is 16.5 Å². The number of fused-ring (bicyclic) bond motifs is 1. The molecule has 1 unspecified atom stereocenters. The molecule has 0 fully saturated rings. The Hall–Kier alpha value is -2.64. The summed E-state index contributed by atoms with van der Waals surface area (Å²) in [4.78, 5) is 28.2. The fraction of sp³-hybridized carbons (Fsp3) is 0.158. The Bertz CT molecular complexity index is 1070. The Balaban J connectivity index is 1.72. The average molecular weight is 380 g/mol. The van der Waals surface area contributed by atoms with Gasteiger partial charge in [-0.2, -0.15) is 0 Å². The van der Waals surface area contributed by atoms with Gasteiger partial charge >= 0.3 is 0 Å². The van der Waals surface area contributed by atoms with Crippen molar-refractivity contribution in [1.82, 2.24) is 15.0 Å². The number of carbonyl (C=O) groups is 1. The van der Waals surface area contributed by atoms with E-state index in [1.54, 1.807) is 6.20 Å². The molecule has 4 rings (SSSR count). The van der Waals surface area contributed by atoms with Crippen LogP contribution in [0.1, 0.15) is 38.9 Å². The minimum atomic E-state index is -0.0702. The lowest BCUT2D eigenvalue weighted by Gasteiger charge is -2.14. The van der Waals surface area contributed by atoms with Gasteiger partial charge in [0.25, 0.3) is 0 Å². The van der Waals surface area contributed by atoms with Crippen molar-refractivity contribution in [2.75, 3.05) is 5.32 Å². The van der Waals surface area contributed by atoms with Gasteiger partial charge in [0.1, 0.15) is 5.69 Å². The van der Waals surface area contributed by atoms with E-state index in [1.807, 2.05) is 55.6 Å². The van der Waals surface area contributed by atoms with Gasteiger partial charge in [-0.25, -0.2) is 9.97 Å². The van der Waals surface area contributed by atoms with Gasteiger partial charge in [-0.1, -0.05) is 6.07 Å². The molecular formula is C19H16N4OS2. The molecule has 0 saturated carbocycles. The van der Waals surface area contributed by atoms with E-state index < -0.39 is 0 Å². The topological polar surface area (TPSA) is 67.8 Å². The minimum Gasteiger partial charge on any atom is -0.346 e. The number of rotatable bonds is 5. The molecule has 1 atom stereocenters. The third kappa shape index (κ3) is 3.23. The quantitative estimate of drug-likeness (QED) is 0.501. The molecule has 7 heteroatoms. The molecule has 4 aromatic heterocycles. The second kappa shape index (κ2) is 6.93. The Kier molecular flexibility index (Phi) is 4.48. The molecule has 4 aromatic rings. The summed E-state index contributed by atoms with van der Waals surface area (Å²) in [5.41, 5.74) is 2.11. The summed E-state index contributed by atoms with van der Waals surface area (Å²) in [6.07, 6.45) is 1.75. The van der Waals surface area contributed by atoms with E-state index in [1.165, 1.54) is 22.7 Å². The summed E-state index contributed by atoms with van der Waals surface area (Å²) < 4.78 is 0.817. The molecule has 0 aliphatic rings. The summed E-state index contributed by atoms with van der Waals surface area (Å²) in [5, 5.41) is 5.20. The van der Waals surface area contributed by atoms with Crippen molar-refractivity contribution in [3.63, 3.8) is 0 Å². The molecule has 0 bridgehead atoms. The van der Waals surface area contributed by atoms with E-state index in [4.69, 9.17) is 0 Å². The lowest BCUT2D eigenvalue weighted by atomic mass is 10.2. The zero-order valence-corrected chi connectivity index (χ0v) is 15.9. The van der Waals surface area contributed by atoms with Crippen LogP contribution in [-0.4, -0.2) is 20.7 Å². The molecule has 4 heterocycles. The van der Waals surface area contributed by atoms with E-state index in [-0.39, 0.29) is 11.8 Å². The lowest BCUT2D eigenvalue weighted by Crippen LogP contribution is -2.13. The highest BCUT2D eigenvalue weighted by Gasteiger charge is 2.20. The number of anilines is 1. The van der Waals surface area contributed by atoms with E-state index in [9.17, 15) is 4.79 Å². The van der Waals surface area contributed by atoms with E-state index >= 15 is 0 Å². The number of nitrogens with zero attached hydrogens (tertiary/aromatic N) is 3. The number of hydrogen-bond acceptors (Lipinski definition) is 7. The molecule has 0 spiro atoms. The molecule has 26 heavy (non-hydrogen) atoms. The number of thiophene rings is 2. The second-order valence-electron chi connectivity index (χ2n) is 5.89. The van der Waals surface area contributed by atoms with Gasteiger partial charge in [-0.15, -0.1) is 22.7 Å². The molecule has 5 nitrogen and oxygen atoms in total. The first-order valence-electron chi connectivity index (χ1n) is 8.15. The number of aromatic nitrogens is 3. The van der Waals surface area contributed by atoms with Crippen molar-refractivity contribution in [2.24, 2.45) is 0 Å². The van der Waals surface area contributed by atoms with E-state index in [0.717, 1.165) is 20.8 Å². The smallest absolute Gasteiger partial charge is 0.224 e. The summed E-state index contributed by atoms with van der Waals surface area (Å²) in [5.74, 6) is 0.372. The highest BCUT2D eigenvalue weighted by molar-refractivity contribution is 7.18. The molecule has 1 N–H and O–H groups in total. The summed E-state index contributed by atoms with van der Waals surface area (Å²) >= 11 is 2.97. The molecule has 0 radical (unpaired) electrons. The van der Waals surface area contributed by atoms with Crippen molar-refractivity contribution in [1.29, 1.82) is 0 Å². The number of pyridine rings is 1. The van der Waals surface area contributed by atoms with Gasteiger partial charge in [0.05, 0.1) is 26.8 Å². The lowest BCUT2D eigenvalue weighted by molar-refractivity contribution is 0.103. The monoisotopic (exact) mass is 380 g/mol. The first-order chi connectivity index (χ1) is 12.6. The summed E-state index contributed by atoms with van der Waals surface area (Å²) in [7, 11) is 0. The first kappa shape index (κ1) is 16.8. The molecular weight excluding hydrogens is 364 g/mol. The van der Waals surface area contributed by atoms with Crippen molar-refractivity contribution >= 4 is 44.6 Å². The molecule has 0 aliphatic heterocycles. The average Bonchev–Trinajstić information content (AvgIpc) is 3.30. The summed E-state index contributed by atoms with van der Waals surface area (Å²) in [6, 6.07) is 11.4. The molecule has 0 aromatic carbocycles. The molecule has 0 saturated heterocycles. The Morgan fingerprint density at radius 1 is 1.15 bits per heavy atom. The Morgan fingerprint density at radius 2 is 2.04 bits per heavy atom.